The Bertz CT molecular complexity index is 699. The lowest BCUT2D eigenvalue weighted by atomic mass is 10.2. The molecule has 0 fully saturated rings. The highest BCUT2D eigenvalue weighted by atomic mass is 35.5. The highest BCUT2D eigenvalue weighted by Gasteiger charge is 2.05. The van der Waals surface area contributed by atoms with Gasteiger partial charge in [-0.15, -0.1) is 0 Å². The van der Waals surface area contributed by atoms with Gasteiger partial charge in [0.25, 0.3) is 0 Å². The van der Waals surface area contributed by atoms with Crippen LogP contribution in [0.15, 0.2) is 41.5 Å². The zero-order valence-corrected chi connectivity index (χ0v) is 12.0. The van der Waals surface area contributed by atoms with E-state index in [0.29, 0.717) is 29.4 Å². The first-order valence-corrected chi connectivity index (χ1v) is 6.80. The molecule has 2 rings (SSSR count). The summed E-state index contributed by atoms with van der Waals surface area (Å²) in [6.07, 6.45) is 3.57. The Labute approximate surface area is 126 Å². The number of benzene rings is 1. The van der Waals surface area contributed by atoms with Crippen molar-refractivity contribution in [2.45, 2.75) is 19.4 Å². The Balaban J connectivity index is 1.86. The Morgan fingerprint density at radius 3 is 2.90 bits per heavy atom. The van der Waals surface area contributed by atoms with E-state index >= 15 is 0 Å². The van der Waals surface area contributed by atoms with Gasteiger partial charge in [0.1, 0.15) is 0 Å². The van der Waals surface area contributed by atoms with Gasteiger partial charge < -0.3 is 11.1 Å². The van der Waals surface area contributed by atoms with Gasteiger partial charge in [0, 0.05) is 19.2 Å². The number of nitrogens with zero attached hydrogens (tertiary/aromatic N) is 2. The number of rotatable bonds is 5. The third-order valence-corrected chi connectivity index (χ3v) is 3.06. The summed E-state index contributed by atoms with van der Waals surface area (Å²) >= 11 is 5.77. The molecule has 0 spiro atoms. The first-order valence-electron chi connectivity index (χ1n) is 6.42. The van der Waals surface area contributed by atoms with Gasteiger partial charge in [-0.25, -0.2) is 9.78 Å². The lowest BCUT2D eigenvalue weighted by molar-refractivity contribution is -0.116. The molecule has 0 aliphatic carbocycles. The van der Waals surface area contributed by atoms with Crippen LogP contribution < -0.4 is 16.7 Å². The topological polar surface area (TPSA) is 90.0 Å². The van der Waals surface area contributed by atoms with Crippen molar-refractivity contribution in [2.75, 3.05) is 11.1 Å². The number of nitrogens with two attached hydrogens (primary N) is 1. The number of hydrogen-bond acceptors (Lipinski definition) is 4. The largest absolute Gasteiger partial charge is 0.397 e. The van der Waals surface area contributed by atoms with Crippen LogP contribution in [0, 0.1) is 0 Å². The molecule has 3 N–H and O–H groups in total. The van der Waals surface area contributed by atoms with Gasteiger partial charge in [-0.05, 0) is 18.6 Å². The molecule has 0 saturated heterocycles. The van der Waals surface area contributed by atoms with Crippen LogP contribution in [0.3, 0.4) is 0 Å². The zero-order chi connectivity index (χ0) is 15.2. The minimum atomic E-state index is -0.382. The van der Waals surface area contributed by atoms with Gasteiger partial charge in [-0.2, -0.15) is 0 Å². The number of nitrogens with one attached hydrogen (secondary N) is 1. The second kappa shape index (κ2) is 6.90. The fourth-order valence-corrected chi connectivity index (χ4v) is 1.99. The van der Waals surface area contributed by atoms with E-state index in [1.54, 1.807) is 24.3 Å². The third-order valence-electron chi connectivity index (χ3n) is 2.86. The van der Waals surface area contributed by atoms with E-state index in [1.165, 1.54) is 17.0 Å². The molecule has 0 unspecified atom stereocenters. The number of aromatic nitrogens is 2. The van der Waals surface area contributed by atoms with Crippen molar-refractivity contribution < 1.29 is 4.79 Å². The maximum atomic E-state index is 11.8. The Morgan fingerprint density at radius 1 is 1.38 bits per heavy atom. The SMILES string of the molecule is Nc1ccccc1NC(=O)CCCn1cc(Cl)cnc1=O. The summed E-state index contributed by atoms with van der Waals surface area (Å²) in [7, 11) is 0. The Morgan fingerprint density at radius 2 is 2.14 bits per heavy atom. The van der Waals surface area contributed by atoms with E-state index in [4.69, 9.17) is 17.3 Å². The van der Waals surface area contributed by atoms with Crippen molar-refractivity contribution >= 4 is 28.9 Å². The molecule has 21 heavy (non-hydrogen) atoms. The molecule has 0 bridgehead atoms. The number of halogens is 1. The van der Waals surface area contributed by atoms with Crippen LogP contribution in [0.25, 0.3) is 0 Å². The fraction of sp³-hybridized carbons (Fsp3) is 0.214. The zero-order valence-electron chi connectivity index (χ0n) is 11.3. The monoisotopic (exact) mass is 306 g/mol. The molecule has 1 heterocycles. The molecular formula is C14H15ClN4O2. The number of amides is 1. The molecule has 1 aromatic carbocycles. The van der Waals surface area contributed by atoms with Gasteiger partial charge in [-0.1, -0.05) is 23.7 Å². The van der Waals surface area contributed by atoms with Crippen LogP contribution in [0.2, 0.25) is 5.02 Å². The summed E-state index contributed by atoms with van der Waals surface area (Å²) < 4.78 is 1.38. The molecule has 2 aromatic rings. The fourth-order valence-electron chi connectivity index (χ4n) is 1.82. The van der Waals surface area contributed by atoms with Gasteiger partial charge >= 0.3 is 5.69 Å². The molecule has 7 heteroatoms. The van der Waals surface area contributed by atoms with E-state index in [9.17, 15) is 9.59 Å². The third kappa shape index (κ3) is 4.32. The molecule has 0 atom stereocenters. The van der Waals surface area contributed by atoms with Crippen LogP contribution in [0.5, 0.6) is 0 Å². The molecule has 0 aliphatic rings. The Hall–Kier alpha value is -2.34. The van der Waals surface area contributed by atoms with Crippen molar-refractivity contribution in [3.8, 4) is 0 Å². The second-order valence-electron chi connectivity index (χ2n) is 4.49. The average molecular weight is 307 g/mol. The normalized spacial score (nSPS) is 10.3. The smallest absolute Gasteiger partial charge is 0.347 e. The molecule has 0 saturated carbocycles. The summed E-state index contributed by atoms with van der Waals surface area (Å²) in [5.41, 5.74) is 6.46. The lowest BCUT2D eigenvalue weighted by Crippen LogP contribution is -2.22. The maximum absolute atomic E-state index is 11.8. The van der Waals surface area contributed by atoms with Gasteiger partial charge in [0.15, 0.2) is 0 Å². The van der Waals surface area contributed by atoms with Crippen molar-refractivity contribution in [2.24, 2.45) is 0 Å². The van der Waals surface area contributed by atoms with Crippen LogP contribution >= 0.6 is 11.6 Å². The van der Waals surface area contributed by atoms with Gasteiger partial charge in [0.05, 0.1) is 22.6 Å². The van der Waals surface area contributed by atoms with Crippen molar-refractivity contribution in [3.05, 3.63) is 52.2 Å². The number of anilines is 2. The van der Waals surface area contributed by atoms with E-state index in [2.05, 4.69) is 10.3 Å². The average Bonchev–Trinajstić information content (AvgIpc) is 2.45. The summed E-state index contributed by atoms with van der Waals surface area (Å²) in [6, 6.07) is 7.04. The van der Waals surface area contributed by atoms with Crippen molar-refractivity contribution in [1.82, 2.24) is 9.55 Å². The minimum Gasteiger partial charge on any atom is -0.397 e. The molecule has 0 aliphatic heterocycles. The maximum Gasteiger partial charge on any atom is 0.347 e. The predicted molar refractivity (Wildman–Crippen MR) is 82.2 cm³/mol. The van der Waals surface area contributed by atoms with Crippen molar-refractivity contribution in [3.63, 3.8) is 0 Å². The van der Waals surface area contributed by atoms with Crippen LogP contribution in [0.4, 0.5) is 11.4 Å². The number of carbonyl (C=O) groups excluding carboxylic acids is 1. The quantitative estimate of drug-likeness (QED) is 0.826. The van der Waals surface area contributed by atoms with Crippen LogP contribution in [-0.2, 0) is 11.3 Å². The molecule has 1 amide bonds. The highest BCUT2D eigenvalue weighted by Crippen LogP contribution is 2.17. The number of nitrogen functional groups attached to an aromatic ring is 1. The van der Waals surface area contributed by atoms with E-state index in [-0.39, 0.29) is 18.0 Å². The first-order chi connectivity index (χ1) is 10.1. The first kappa shape index (κ1) is 15.1. The molecule has 1 aromatic heterocycles. The predicted octanol–water partition coefficient (Wildman–Crippen LogP) is 1.90. The summed E-state index contributed by atoms with van der Waals surface area (Å²) in [4.78, 5) is 26.9. The molecular weight excluding hydrogens is 292 g/mol. The van der Waals surface area contributed by atoms with Crippen molar-refractivity contribution in [1.29, 1.82) is 0 Å². The molecule has 0 radical (unpaired) electrons. The Kier molecular flexibility index (Phi) is 4.94. The number of para-hydroxylation sites is 2. The highest BCUT2D eigenvalue weighted by molar-refractivity contribution is 6.30. The number of aryl methyl sites for hydroxylation is 1. The van der Waals surface area contributed by atoms with Crippen LogP contribution in [-0.4, -0.2) is 15.5 Å². The minimum absolute atomic E-state index is 0.157. The lowest BCUT2D eigenvalue weighted by Gasteiger charge is -2.08. The molecule has 6 nitrogen and oxygen atoms in total. The second-order valence-corrected chi connectivity index (χ2v) is 4.92. The number of hydrogen-bond donors (Lipinski definition) is 2. The standard InChI is InChI=1S/C14H15ClN4O2/c15-10-8-17-14(21)19(9-10)7-3-6-13(20)18-12-5-2-1-4-11(12)16/h1-2,4-5,8-9H,3,6-7,16H2,(H,18,20). The van der Waals surface area contributed by atoms with Crippen LogP contribution in [0.1, 0.15) is 12.8 Å². The van der Waals surface area contributed by atoms with E-state index in [1.807, 2.05) is 0 Å². The van der Waals surface area contributed by atoms with Gasteiger partial charge in [-0.3, -0.25) is 9.36 Å². The summed E-state index contributed by atoms with van der Waals surface area (Å²) in [6.45, 7) is 0.379. The summed E-state index contributed by atoms with van der Waals surface area (Å²) in [5.74, 6) is -0.157. The molecule has 110 valence electrons. The van der Waals surface area contributed by atoms with E-state index in [0.717, 1.165) is 0 Å². The van der Waals surface area contributed by atoms with Gasteiger partial charge in [0.2, 0.25) is 5.91 Å². The van der Waals surface area contributed by atoms with E-state index < -0.39 is 0 Å². The number of carbonyl (C=O) groups is 1. The summed E-state index contributed by atoms with van der Waals surface area (Å²) in [5, 5.41) is 3.11.